The summed E-state index contributed by atoms with van der Waals surface area (Å²) in [6.45, 7) is 0.713. The summed E-state index contributed by atoms with van der Waals surface area (Å²) in [4.78, 5) is 8.24. The van der Waals surface area contributed by atoms with Gasteiger partial charge in [-0.15, -0.1) is 0 Å². The van der Waals surface area contributed by atoms with E-state index in [1.807, 2.05) is 0 Å². The Morgan fingerprint density at radius 1 is 1.44 bits per heavy atom. The zero-order valence-corrected chi connectivity index (χ0v) is 10.9. The van der Waals surface area contributed by atoms with E-state index < -0.39 is 0 Å². The Hall–Kier alpha value is -0.840. The number of hydrogen-bond acceptors (Lipinski definition) is 4. The van der Waals surface area contributed by atoms with Crippen molar-refractivity contribution in [1.82, 2.24) is 9.97 Å². The Labute approximate surface area is 104 Å². The van der Waals surface area contributed by atoms with Gasteiger partial charge in [0.15, 0.2) is 0 Å². The van der Waals surface area contributed by atoms with Crippen molar-refractivity contribution < 1.29 is 9.47 Å². The average Bonchev–Trinajstić information content (AvgIpc) is 2.81. The molecule has 1 fully saturated rings. The minimum atomic E-state index is 0.395. The summed E-state index contributed by atoms with van der Waals surface area (Å²) in [7, 11) is 1.58. The highest BCUT2D eigenvalue weighted by molar-refractivity contribution is 9.10. The molecule has 1 aromatic rings. The Morgan fingerprint density at radius 2 is 2.19 bits per heavy atom. The van der Waals surface area contributed by atoms with Gasteiger partial charge in [-0.05, 0) is 34.7 Å². The summed E-state index contributed by atoms with van der Waals surface area (Å²) < 4.78 is 11.4. The molecule has 0 radical (unpaired) electrons. The van der Waals surface area contributed by atoms with Gasteiger partial charge < -0.3 is 9.47 Å². The van der Waals surface area contributed by atoms with Crippen LogP contribution in [0.2, 0.25) is 0 Å². The fraction of sp³-hybridized carbons (Fsp3) is 0.636. The number of aromatic nitrogens is 2. The number of nitrogens with zero attached hydrogens (tertiary/aromatic N) is 2. The van der Waals surface area contributed by atoms with Crippen LogP contribution in [0.25, 0.3) is 0 Å². The molecule has 0 aromatic carbocycles. The third-order valence-corrected chi connectivity index (χ3v) is 3.35. The Kier molecular flexibility index (Phi) is 3.98. The van der Waals surface area contributed by atoms with Crippen LogP contribution < -0.4 is 9.47 Å². The largest absolute Gasteiger partial charge is 0.480 e. The molecule has 88 valence electrons. The Morgan fingerprint density at radius 3 is 2.88 bits per heavy atom. The van der Waals surface area contributed by atoms with Crippen LogP contribution in [0.3, 0.4) is 0 Å². The molecule has 0 aliphatic heterocycles. The highest BCUT2D eigenvalue weighted by Crippen LogP contribution is 2.26. The monoisotopic (exact) mass is 286 g/mol. The standard InChI is InChI=1S/C11H15BrN2O2/c1-15-10-9(12)6-13-11(14-10)16-7-8-4-2-3-5-8/h6,8H,2-5,7H2,1H3. The molecular weight excluding hydrogens is 272 g/mol. The van der Waals surface area contributed by atoms with Crippen molar-refractivity contribution in [2.24, 2.45) is 5.92 Å². The number of halogens is 1. The van der Waals surface area contributed by atoms with Crippen LogP contribution in [0, 0.1) is 5.92 Å². The van der Waals surface area contributed by atoms with Gasteiger partial charge in [0, 0.05) is 0 Å². The second-order valence-corrected chi connectivity index (χ2v) is 4.83. The quantitative estimate of drug-likeness (QED) is 0.854. The zero-order valence-electron chi connectivity index (χ0n) is 9.28. The molecule has 0 atom stereocenters. The number of rotatable bonds is 4. The minimum Gasteiger partial charge on any atom is -0.480 e. The van der Waals surface area contributed by atoms with Gasteiger partial charge in [0.1, 0.15) is 0 Å². The van der Waals surface area contributed by atoms with Gasteiger partial charge in [-0.1, -0.05) is 12.8 Å². The van der Waals surface area contributed by atoms with Gasteiger partial charge in [0.2, 0.25) is 5.88 Å². The normalized spacial score (nSPS) is 16.4. The summed E-state index contributed by atoms with van der Waals surface area (Å²) >= 11 is 3.30. The first kappa shape index (κ1) is 11.6. The SMILES string of the molecule is COc1nc(OCC2CCCC2)ncc1Br. The predicted molar refractivity (Wildman–Crippen MR) is 63.7 cm³/mol. The molecule has 1 aliphatic rings. The van der Waals surface area contributed by atoms with Crippen LogP contribution in [-0.2, 0) is 0 Å². The third kappa shape index (κ3) is 2.84. The molecule has 0 unspecified atom stereocenters. The molecule has 5 heteroatoms. The van der Waals surface area contributed by atoms with E-state index in [-0.39, 0.29) is 0 Å². The van der Waals surface area contributed by atoms with Gasteiger partial charge in [0.05, 0.1) is 24.4 Å². The van der Waals surface area contributed by atoms with Crippen molar-refractivity contribution in [1.29, 1.82) is 0 Å². The minimum absolute atomic E-state index is 0.395. The fourth-order valence-electron chi connectivity index (χ4n) is 1.92. The molecule has 16 heavy (non-hydrogen) atoms. The third-order valence-electron chi connectivity index (χ3n) is 2.81. The van der Waals surface area contributed by atoms with E-state index in [0.29, 0.717) is 24.4 Å². The summed E-state index contributed by atoms with van der Waals surface area (Å²) in [6.07, 6.45) is 6.80. The van der Waals surface area contributed by atoms with Crippen LogP contribution >= 0.6 is 15.9 Å². The molecule has 1 aromatic heterocycles. The predicted octanol–water partition coefficient (Wildman–Crippen LogP) is 2.82. The summed E-state index contributed by atoms with van der Waals surface area (Å²) in [5.74, 6) is 1.18. The second kappa shape index (κ2) is 5.48. The molecule has 2 rings (SSSR count). The first-order valence-electron chi connectivity index (χ1n) is 5.49. The maximum atomic E-state index is 5.56. The number of methoxy groups -OCH3 is 1. The molecule has 0 bridgehead atoms. The summed E-state index contributed by atoms with van der Waals surface area (Å²) in [6, 6.07) is 0.395. The molecule has 1 heterocycles. The van der Waals surface area contributed by atoms with Gasteiger partial charge in [-0.2, -0.15) is 4.98 Å². The first-order chi connectivity index (χ1) is 7.79. The van der Waals surface area contributed by atoms with Crippen molar-refractivity contribution >= 4 is 15.9 Å². The van der Waals surface area contributed by atoms with Crippen LogP contribution in [0.5, 0.6) is 11.9 Å². The summed E-state index contributed by atoms with van der Waals surface area (Å²) in [5.41, 5.74) is 0. The lowest BCUT2D eigenvalue weighted by Gasteiger charge is -2.10. The number of ether oxygens (including phenoxy) is 2. The topological polar surface area (TPSA) is 44.2 Å². The Balaban J connectivity index is 1.93. The average molecular weight is 287 g/mol. The molecule has 0 saturated heterocycles. The van der Waals surface area contributed by atoms with Crippen LogP contribution in [0.15, 0.2) is 10.7 Å². The second-order valence-electron chi connectivity index (χ2n) is 3.97. The highest BCUT2D eigenvalue weighted by atomic mass is 79.9. The smallest absolute Gasteiger partial charge is 0.319 e. The van der Waals surface area contributed by atoms with Crippen LogP contribution in [0.4, 0.5) is 0 Å². The molecule has 0 spiro atoms. The summed E-state index contributed by atoms with van der Waals surface area (Å²) in [5, 5.41) is 0. The van der Waals surface area contributed by atoms with E-state index in [1.165, 1.54) is 25.7 Å². The lowest BCUT2D eigenvalue weighted by atomic mass is 10.1. The van der Waals surface area contributed by atoms with E-state index in [1.54, 1.807) is 13.3 Å². The van der Waals surface area contributed by atoms with E-state index in [9.17, 15) is 0 Å². The molecule has 4 nitrogen and oxygen atoms in total. The molecule has 1 saturated carbocycles. The van der Waals surface area contributed by atoms with E-state index in [4.69, 9.17) is 9.47 Å². The molecule has 0 amide bonds. The van der Waals surface area contributed by atoms with E-state index in [0.717, 1.165) is 4.47 Å². The maximum Gasteiger partial charge on any atom is 0.319 e. The van der Waals surface area contributed by atoms with E-state index in [2.05, 4.69) is 25.9 Å². The van der Waals surface area contributed by atoms with Crippen LogP contribution in [0.1, 0.15) is 25.7 Å². The van der Waals surface area contributed by atoms with Crippen molar-refractivity contribution in [2.45, 2.75) is 25.7 Å². The molecular formula is C11H15BrN2O2. The zero-order chi connectivity index (χ0) is 11.4. The van der Waals surface area contributed by atoms with Gasteiger partial charge in [0.25, 0.3) is 0 Å². The first-order valence-corrected chi connectivity index (χ1v) is 6.28. The van der Waals surface area contributed by atoms with Crippen LogP contribution in [-0.4, -0.2) is 23.7 Å². The van der Waals surface area contributed by atoms with Crippen molar-refractivity contribution in [2.75, 3.05) is 13.7 Å². The van der Waals surface area contributed by atoms with Crippen molar-refractivity contribution in [3.63, 3.8) is 0 Å². The lowest BCUT2D eigenvalue weighted by molar-refractivity contribution is 0.230. The van der Waals surface area contributed by atoms with E-state index >= 15 is 0 Å². The van der Waals surface area contributed by atoms with Gasteiger partial charge in [-0.3, -0.25) is 0 Å². The number of hydrogen-bond donors (Lipinski definition) is 0. The molecule has 1 aliphatic carbocycles. The van der Waals surface area contributed by atoms with Gasteiger partial charge in [-0.25, -0.2) is 4.98 Å². The maximum absolute atomic E-state index is 5.56. The highest BCUT2D eigenvalue weighted by Gasteiger charge is 2.16. The fourth-order valence-corrected chi connectivity index (χ4v) is 2.27. The Bertz CT molecular complexity index is 354. The van der Waals surface area contributed by atoms with Crippen molar-refractivity contribution in [3.05, 3.63) is 10.7 Å². The van der Waals surface area contributed by atoms with Crippen molar-refractivity contribution in [3.8, 4) is 11.9 Å². The lowest BCUT2D eigenvalue weighted by Crippen LogP contribution is -2.10. The molecule has 0 N–H and O–H groups in total. The van der Waals surface area contributed by atoms with Gasteiger partial charge >= 0.3 is 6.01 Å².